The highest BCUT2D eigenvalue weighted by Crippen LogP contribution is 2.30. The summed E-state index contributed by atoms with van der Waals surface area (Å²) in [5.74, 6) is -0.0220. The maximum absolute atomic E-state index is 13.0. The topological polar surface area (TPSA) is 20.2 Å². The monoisotopic (exact) mass is 228 g/mol. The van der Waals surface area contributed by atoms with E-state index in [4.69, 9.17) is 11.6 Å². The van der Waals surface area contributed by atoms with Gasteiger partial charge in [0.15, 0.2) is 0 Å². The molecule has 1 nitrogen and oxygen atoms in total. The lowest BCUT2D eigenvalue weighted by atomic mass is 9.96. The molecule has 1 aliphatic carbocycles. The standard InChI is InChI=1S/C12H14ClFO/c13-11-5-4-10(14)7-9(11)6-8-2-1-3-12(8)15/h4-5,7-8,12,15H,1-3,6H2. The van der Waals surface area contributed by atoms with E-state index in [0.717, 1.165) is 24.8 Å². The molecule has 0 bridgehead atoms. The first-order chi connectivity index (χ1) is 7.16. The number of hydrogen-bond donors (Lipinski definition) is 1. The summed E-state index contributed by atoms with van der Waals surface area (Å²) in [6, 6.07) is 4.40. The second-order valence-electron chi connectivity index (χ2n) is 4.20. The molecule has 1 aliphatic rings. The summed E-state index contributed by atoms with van der Waals surface area (Å²) in [6.07, 6.45) is 3.35. The summed E-state index contributed by atoms with van der Waals surface area (Å²) in [5, 5.41) is 10.3. The number of rotatable bonds is 2. The van der Waals surface area contributed by atoms with Crippen LogP contribution in [0.1, 0.15) is 24.8 Å². The third-order valence-corrected chi connectivity index (χ3v) is 3.48. The minimum Gasteiger partial charge on any atom is -0.393 e. The first kappa shape index (κ1) is 10.9. The molecule has 1 fully saturated rings. The smallest absolute Gasteiger partial charge is 0.123 e. The van der Waals surface area contributed by atoms with Gasteiger partial charge in [0.25, 0.3) is 0 Å². The molecule has 2 rings (SSSR count). The average Bonchev–Trinajstić information content (AvgIpc) is 2.58. The van der Waals surface area contributed by atoms with Crippen LogP contribution >= 0.6 is 11.6 Å². The van der Waals surface area contributed by atoms with E-state index in [9.17, 15) is 9.50 Å². The Morgan fingerprint density at radius 2 is 2.20 bits per heavy atom. The van der Waals surface area contributed by atoms with E-state index in [1.807, 2.05) is 0 Å². The van der Waals surface area contributed by atoms with Crippen molar-refractivity contribution in [3.05, 3.63) is 34.6 Å². The minimum absolute atomic E-state index is 0.240. The van der Waals surface area contributed by atoms with E-state index in [-0.39, 0.29) is 17.8 Å². The van der Waals surface area contributed by atoms with Gasteiger partial charge in [-0.15, -0.1) is 0 Å². The van der Waals surface area contributed by atoms with Gasteiger partial charge in [0.05, 0.1) is 6.10 Å². The molecule has 0 saturated heterocycles. The predicted molar refractivity (Wildman–Crippen MR) is 58.5 cm³/mol. The second kappa shape index (κ2) is 4.50. The van der Waals surface area contributed by atoms with Gasteiger partial charge in [-0.3, -0.25) is 0 Å². The maximum atomic E-state index is 13.0. The maximum Gasteiger partial charge on any atom is 0.123 e. The molecule has 1 saturated carbocycles. The van der Waals surface area contributed by atoms with Crippen LogP contribution in [0, 0.1) is 11.7 Å². The zero-order chi connectivity index (χ0) is 10.8. The van der Waals surface area contributed by atoms with Crippen molar-refractivity contribution in [2.75, 3.05) is 0 Å². The van der Waals surface area contributed by atoms with Crippen molar-refractivity contribution in [3.63, 3.8) is 0 Å². The van der Waals surface area contributed by atoms with Crippen LogP contribution in [0.2, 0.25) is 5.02 Å². The summed E-state index contributed by atoms with van der Waals surface area (Å²) < 4.78 is 13.0. The van der Waals surface area contributed by atoms with Crippen molar-refractivity contribution in [2.45, 2.75) is 31.8 Å². The van der Waals surface area contributed by atoms with Crippen LogP contribution in [0.5, 0.6) is 0 Å². The number of benzene rings is 1. The molecular weight excluding hydrogens is 215 g/mol. The number of halogens is 2. The number of aliphatic hydroxyl groups is 1. The Morgan fingerprint density at radius 3 is 2.87 bits per heavy atom. The van der Waals surface area contributed by atoms with Crippen molar-refractivity contribution in [3.8, 4) is 0 Å². The SMILES string of the molecule is OC1CCCC1Cc1cc(F)ccc1Cl. The lowest BCUT2D eigenvalue weighted by Crippen LogP contribution is -2.15. The van der Waals surface area contributed by atoms with E-state index in [1.54, 1.807) is 6.07 Å². The Hall–Kier alpha value is -0.600. The van der Waals surface area contributed by atoms with E-state index in [1.165, 1.54) is 12.1 Å². The third-order valence-electron chi connectivity index (χ3n) is 3.11. The number of hydrogen-bond acceptors (Lipinski definition) is 1. The first-order valence-corrected chi connectivity index (χ1v) is 5.66. The Bertz CT molecular complexity index is 353. The van der Waals surface area contributed by atoms with Crippen LogP contribution in [-0.2, 0) is 6.42 Å². The molecule has 0 heterocycles. The highest BCUT2D eigenvalue weighted by molar-refractivity contribution is 6.31. The molecule has 2 atom stereocenters. The first-order valence-electron chi connectivity index (χ1n) is 5.29. The van der Waals surface area contributed by atoms with Gasteiger partial charge >= 0.3 is 0 Å². The summed E-state index contributed by atoms with van der Waals surface area (Å²) in [4.78, 5) is 0. The van der Waals surface area contributed by atoms with Crippen molar-refractivity contribution in [1.29, 1.82) is 0 Å². The van der Waals surface area contributed by atoms with Crippen LogP contribution in [0.3, 0.4) is 0 Å². The van der Waals surface area contributed by atoms with Gasteiger partial charge in [-0.25, -0.2) is 4.39 Å². The van der Waals surface area contributed by atoms with Crippen LogP contribution in [0.15, 0.2) is 18.2 Å². The molecule has 1 N–H and O–H groups in total. The fraction of sp³-hybridized carbons (Fsp3) is 0.500. The number of aliphatic hydroxyl groups excluding tert-OH is 1. The molecular formula is C12H14ClFO. The fourth-order valence-corrected chi connectivity index (χ4v) is 2.43. The molecule has 1 aromatic carbocycles. The zero-order valence-electron chi connectivity index (χ0n) is 8.42. The van der Waals surface area contributed by atoms with Gasteiger partial charge in [-0.2, -0.15) is 0 Å². The summed E-state index contributed by atoms with van der Waals surface area (Å²) in [5.41, 5.74) is 0.808. The second-order valence-corrected chi connectivity index (χ2v) is 4.61. The molecule has 0 aliphatic heterocycles. The van der Waals surface area contributed by atoms with E-state index in [2.05, 4.69) is 0 Å². The molecule has 0 amide bonds. The van der Waals surface area contributed by atoms with E-state index >= 15 is 0 Å². The lowest BCUT2D eigenvalue weighted by Gasteiger charge is -2.15. The third kappa shape index (κ3) is 2.50. The molecule has 1 aromatic rings. The lowest BCUT2D eigenvalue weighted by molar-refractivity contribution is 0.132. The molecule has 0 spiro atoms. The van der Waals surface area contributed by atoms with Gasteiger partial charge in [0.2, 0.25) is 0 Å². The van der Waals surface area contributed by atoms with Gasteiger partial charge in [0.1, 0.15) is 5.82 Å². The largest absolute Gasteiger partial charge is 0.393 e. The molecule has 0 aromatic heterocycles. The van der Waals surface area contributed by atoms with Gasteiger partial charge in [0, 0.05) is 5.02 Å². The highest BCUT2D eigenvalue weighted by atomic mass is 35.5. The quantitative estimate of drug-likeness (QED) is 0.824. The Labute approximate surface area is 93.9 Å². The van der Waals surface area contributed by atoms with Crippen LogP contribution in [0.25, 0.3) is 0 Å². The van der Waals surface area contributed by atoms with Crippen molar-refractivity contribution in [2.24, 2.45) is 5.92 Å². The van der Waals surface area contributed by atoms with E-state index in [0.29, 0.717) is 11.4 Å². The van der Waals surface area contributed by atoms with Crippen molar-refractivity contribution < 1.29 is 9.50 Å². The van der Waals surface area contributed by atoms with Gasteiger partial charge in [-0.1, -0.05) is 18.0 Å². The molecule has 2 unspecified atom stereocenters. The minimum atomic E-state index is -0.262. The normalized spacial score (nSPS) is 25.8. The van der Waals surface area contributed by atoms with Crippen LogP contribution in [0.4, 0.5) is 4.39 Å². The van der Waals surface area contributed by atoms with Gasteiger partial charge in [-0.05, 0) is 48.9 Å². The summed E-state index contributed by atoms with van der Waals surface area (Å²) in [6.45, 7) is 0. The Morgan fingerprint density at radius 1 is 1.40 bits per heavy atom. The predicted octanol–water partition coefficient (Wildman–Crippen LogP) is 3.18. The summed E-state index contributed by atoms with van der Waals surface area (Å²) in [7, 11) is 0. The van der Waals surface area contributed by atoms with E-state index < -0.39 is 0 Å². The average molecular weight is 229 g/mol. The van der Waals surface area contributed by atoms with Crippen molar-refractivity contribution >= 4 is 11.6 Å². The van der Waals surface area contributed by atoms with Crippen molar-refractivity contribution in [1.82, 2.24) is 0 Å². The fourth-order valence-electron chi connectivity index (χ4n) is 2.24. The van der Waals surface area contributed by atoms with Crippen LogP contribution in [-0.4, -0.2) is 11.2 Å². The molecule has 3 heteroatoms. The Balaban J connectivity index is 2.12. The molecule has 15 heavy (non-hydrogen) atoms. The summed E-state index contributed by atoms with van der Waals surface area (Å²) >= 11 is 5.97. The van der Waals surface area contributed by atoms with Crippen LogP contribution < -0.4 is 0 Å². The Kier molecular flexibility index (Phi) is 3.27. The zero-order valence-corrected chi connectivity index (χ0v) is 9.17. The molecule has 0 radical (unpaired) electrons. The van der Waals surface area contributed by atoms with Gasteiger partial charge < -0.3 is 5.11 Å². The molecule has 82 valence electrons. The highest BCUT2D eigenvalue weighted by Gasteiger charge is 2.25.